The van der Waals surface area contributed by atoms with Crippen molar-refractivity contribution in [2.24, 2.45) is 7.05 Å². The lowest BCUT2D eigenvalue weighted by atomic mass is 10.5. The molecule has 0 aliphatic carbocycles. The first-order valence-corrected chi connectivity index (χ1v) is 4.47. The summed E-state index contributed by atoms with van der Waals surface area (Å²) >= 11 is 1.56. The Bertz CT molecular complexity index is 222. The van der Waals surface area contributed by atoms with Crippen LogP contribution in [0.15, 0.2) is 17.6 Å². The van der Waals surface area contributed by atoms with E-state index in [1.165, 1.54) is 0 Å². The first-order chi connectivity index (χ1) is 5.20. The summed E-state index contributed by atoms with van der Waals surface area (Å²) in [7, 11) is 1.94. The van der Waals surface area contributed by atoms with Crippen molar-refractivity contribution in [2.45, 2.75) is 18.2 Å². The molecule has 0 radical (unpaired) electrons. The minimum atomic E-state index is -0.267. The van der Waals surface area contributed by atoms with Crippen LogP contribution < -0.4 is 0 Å². The molecule has 1 atom stereocenters. The first-order valence-electron chi connectivity index (χ1n) is 3.48. The smallest absolute Gasteiger partial charge is 0.167 e. The van der Waals surface area contributed by atoms with Crippen molar-refractivity contribution < 1.29 is 5.11 Å². The van der Waals surface area contributed by atoms with E-state index in [-0.39, 0.29) is 6.10 Å². The number of imidazole rings is 1. The second-order valence-electron chi connectivity index (χ2n) is 2.48. The number of rotatable bonds is 3. The second-order valence-corrected chi connectivity index (χ2v) is 3.47. The zero-order valence-electron chi connectivity index (χ0n) is 6.69. The Kier molecular flexibility index (Phi) is 2.96. The van der Waals surface area contributed by atoms with Gasteiger partial charge in [0.2, 0.25) is 0 Å². The van der Waals surface area contributed by atoms with Crippen molar-refractivity contribution in [1.82, 2.24) is 9.55 Å². The molecule has 1 rings (SSSR count). The molecule has 0 fully saturated rings. The molecule has 1 aromatic heterocycles. The molecule has 0 saturated heterocycles. The van der Waals surface area contributed by atoms with E-state index in [4.69, 9.17) is 5.11 Å². The number of aliphatic hydroxyl groups is 1. The van der Waals surface area contributed by atoms with Gasteiger partial charge in [-0.05, 0) is 6.92 Å². The molecule has 0 aliphatic heterocycles. The quantitative estimate of drug-likeness (QED) is 0.688. The number of nitrogens with zero attached hydrogens (tertiary/aromatic N) is 2. The van der Waals surface area contributed by atoms with Crippen LogP contribution in [-0.2, 0) is 7.05 Å². The van der Waals surface area contributed by atoms with Crippen molar-refractivity contribution in [3.05, 3.63) is 12.4 Å². The molecule has 62 valence electrons. The van der Waals surface area contributed by atoms with Gasteiger partial charge < -0.3 is 9.67 Å². The largest absolute Gasteiger partial charge is 0.393 e. The van der Waals surface area contributed by atoms with E-state index in [9.17, 15) is 0 Å². The van der Waals surface area contributed by atoms with E-state index < -0.39 is 0 Å². The Morgan fingerprint density at radius 3 is 3.00 bits per heavy atom. The van der Waals surface area contributed by atoms with Crippen LogP contribution >= 0.6 is 11.8 Å². The standard InChI is InChI=1S/C7H12N2OS/c1-6(10)5-11-7-8-3-4-9(7)2/h3-4,6,10H,5H2,1-2H3/t6-/m1/s1. The molecule has 1 heterocycles. The highest BCUT2D eigenvalue weighted by atomic mass is 32.2. The highest BCUT2D eigenvalue weighted by Crippen LogP contribution is 2.14. The Morgan fingerprint density at radius 2 is 2.55 bits per heavy atom. The lowest BCUT2D eigenvalue weighted by molar-refractivity contribution is 0.220. The van der Waals surface area contributed by atoms with Gasteiger partial charge in [0.1, 0.15) is 0 Å². The number of aromatic nitrogens is 2. The molecule has 0 saturated carbocycles. The van der Waals surface area contributed by atoms with Crippen LogP contribution in [0, 0.1) is 0 Å². The van der Waals surface area contributed by atoms with Crippen molar-refractivity contribution in [3.63, 3.8) is 0 Å². The van der Waals surface area contributed by atoms with Crippen LogP contribution in [0.3, 0.4) is 0 Å². The van der Waals surface area contributed by atoms with Crippen LogP contribution in [0.1, 0.15) is 6.92 Å². The third kappa shape index (κ3) is 2.55. The fraction of sp³-hybridized carbons (Fsp3) is 0.571. The molecule has 0 unspecified atom stereocenters. The summed E-state index contributed by atoms with van der Waals surface area (Å²) < 4.78 is 1.94. The molecule has 1 aromatic rings. The SMILES string of the molecule is C[C@@H](O)CSc1nccn1C. The van der Waals surface area contributed by atoms with E-state index in [0.29, 0.717) is 5.75 Å². The van der Waals surface area contributed by atoms with Crippen molar-refractivity contribution in [3.8, 4) is 0 Å². The molecular formula is C7H12N2OS. The Balaban J connectivity index is 2.44. The van der Waals surface area contributed by atoms with E-state index in [1.807, 2.05) is 17.8 Å². The maximum Gasteiger partial charge on any atom is 0.167 e. The lowest BCUT2D eigenvalue weighted by Crippen LogP contribution is -2.03. The van der Waals surface area contributed by atoms with Crippen LogP contribution in [0.2, 0.25) is 0 Å². The van der Waals surface area contributed by atoms with Gasteiger partial charge in [0, 0.05) is 25.2 Å². The number of aryl methyl sites for hydroxylation is 1. The number of hydrogen-bond donors (Lipinski definition) is 1. The molecule has 0 bridgehead atoms. The maximum atomic E-state index is 8.98. The van der Waals surface area contributed by atoms with Gasteiger partial charge in [-0.3, -0.25) is 0 Å². The van der Waals surface area contributed by atoms with Gasteiger partial charge in [-0.15, -0.1) is 0 Å². The second kappa shape index (κ2) is 3.78. The number of thioether (sulfide) groups is 1. The highest BCUT2D eigenvalue weighted by molar-refractivity contribution is 7.99. The molecule has 0 spiro atoms. The molecule has 1 N–H and O–H groups in total. The molecule has 3 nitrogen and oxygen atoms in total. The van der Waals surface area contributed by atoms with Gasteiger partial charge in [-0.1, -0.05) is 11.8 Å². The van der Waals surface area contributed by atoms with Crippen LogP contribution in [-0.4, -0.2) is 26.5 Å². The van der Waals surface area contributed by atoms with E-state index in [2.05, 4.69) is 4.98 Å². The fourth-order valence-electron chi connectivity index (χ4n) is 0.686. The van der Waals surface area contributed by atoms with Gasteiger partial charge in [0.15, 0.2) is 5.16 Å². The minimum Gasteiger partial charge on any atom is -0.393 e. The van der Waals surface area contributed by atoms with Gasteiger partial charge >= 0.3 is 0 Å². The highest BCUT2D eigenvalue weighted by Gasteiger charge is 2.01. The van der Waals surface area contributed by atoms with E-state index in [0.717, 1.165) is 5.16 Å². The monoisotopic (exact) mass is 172 g/mol. The summed E-state index contributed by atoms with van der Waals surface area (Å²) in [4.78, 5) is 4.10. The summed E-state index contributed by atoms with van der Waals surface area (Å²) in [5.41, 5.74) is 0. The Hall–Kier alpha value is -0.480. The predicted octanol–water partition coefficient (Wildman–Crippen LogP) is 0.893. The predicted molar refractivity (Wildman–Crippen MR) is 45.6 cm³/mol. The summed E-state index contributed by atoms with van der Waals surface area (Å²) in [6, 6.07) is 0. The van der Waals surface area contributed by atoms with Crippen molar-refractivity contribution in [2.75, 3.05) is 5.75 Å². The van der Waals surface area contributed by atoms with Crippen molar-refractivity contribution >= 4 is 11.8 Å². The molecule has 0 aromatic carbocycles. The maximum absolute atomic E-state index is 8.98. The summed E-state index contributed by atoms with van der Waals surface area (Å²) in [6.45, 7) is 1.77. The Labute approximate surface area is 70.4 Å². The van der Waals surface area contributed by atoms with Gasteiger partial charge in [-0.2, -0.15) is 0 Å². The molecule has 0 amide bonds. The van der Waals surface area contributed by atoms with Gasteiger partial charge in [0.25, 0.3) is 0 Å². The van der Waals surface area contributed by atoms with E-state index in [1.54, 1.807) is 24.9 Å². The van der Waals surface area contributed by atoms with Gasteiger partial charge in [-0.25, -0.2) is 4.98 Å². The summed E-state index contributed by atoms with van der Waals surface area (Å²) in [5, 5.41) is 9.93. The first kappa shape index (κ1) is 8.62. The van der Waals surface area contributed by atoms with Gasteiger partial charge in [0.05, 0.1) is 6.10 Å². The van der Waals surface area contributed by atoms with Crippen LogP contribution in [0.25, 0.3) is 0 Å². The normalized spacial score (nSPS) is 13.4. The molecule has 0 aliphatic rings. The Morgan fingerprint density at radius 1 is 1.82 bits per heavy atom. The third-order valence-corrected chi connectivity index (χ3v) is 2.53. The average molecular weight is 172 g/mol. The van der Waals surface area contributed by atoms with Crippen LogP contribution in [0.4, 0.5) is 0 Å². The zero-order valence-corrected chi connectivity index (χ0v) is 7.51. The summed E-state index contributed by atoms with van der Waals surface area (Å²) in [6.07, 6.45) is 3.38. The van der Waals surface area contributed by atoms with Crippen molar-refractivity contribution in [1.29, 1.82) is 0 Å². The fourth-order valence-corrected chi connectivity index (χ4v) is 1.48. The number of aliphatic hydroxyl groups excluding tert-OH is 1. The third-order valence-electron chi connectivity index (χ3n) is 1.23. The molecule has 11 heavy (non-hydrogen) atoms. The average Bonchev–Trinajstić information content (AvgIpc) is 2.31. The molecular weight excluding hydrogens is 160 g/mol. The molecule has 4 heteroatoms. The zero-order chi connectivity index (χ0) is 8.27. The summed E-state index contributed by atoms with van der Waals surface area (Å²) in [5.74, 6) is 0.699. The topological polar surface area (TPSA) is 38.1 Å². The number of hydrogen-bond acceptors (Lipinski definition) is 3. The van der Waals surface area contributed by atoms with E-state index >= 15 is 0 Å². The van der Waals surface area contributed by atoms with Crippen LogP contribution in [0.5, 0.6) is 0 Å². The lowest BCUT2D eigenvalue weighted by Gasteiger charge is -2.02. The minimum absolute atomic E-state index is 0.267.